The van der Waals surface area contributed by atoms with Crippen LogP contribution in [0.5, 0.6) is 0 Å². The van der Waals surface area contributed by atoms with Crippen molar-refractivity contribution >= 4 is 29.3 Å². The minimum Gasteiger partial charge on any atom is -0.478 e. The number of rotatable bonds is 4. The topological polar surface area (TPSA) is 66.4 Å². The molecule has 0 bridgehead atoms. The van der Waals surface area contributed by atoms with Crippen molar-refractivity contribution in [1.29, 1.82) is 0 Å². The highest BCUT2D eigenvalue weighted by Gasteiger charge is 2.12. The van der Waals surface area contributed by atoms with Gasteiger partial charge in [0.05, 0.1) is 11.3 Å². The number of anilines is 1. The molecule has 0 saturated heterocycles. The molecule has 0 aliphatic rings. The van der Waals surface area contributed by atoms with Crippen molar-refractivity contribution in [2.24, 2.45) is 0 Å². The Morgan fingerprint density at radius 3 is 2.25 bits per heavy atom. The van der Waals surface area contributed by atoms with Crippen LogP contribution in [0.1, 0.15) is 17.3 Å². The summed E-state index contributed by atoms with van der Waals surface area (Å²) in [6.45, 7) is 1.44. The number of aromatic carboxylic acids is 1. The Morgan fingerprint density at radius 1 is 1.00 bits per heavy atom. The predicted octanol–water partition coefficient (Wildman–Crippen LogP) is 3.49. The lowest BCUT2D eigenvalue weighted by molar-refractivity contribution is -0.114. The molecule has 102 valence electrons. The minimum atomic E-state index is -0.967. The van der Waals surface area contributed by atoms with Gasteiger partial charge in [-0.1, -0.05) is 36.0 Å². The van der Waals surface area contributed by atoms with Crippen LogP contribution in [0, 0.1) is 0 Å². The Kier molecular flexibility index (Phi) is 4.42. The van der Waals surface area contributed by atoms with Crippen LogP contribution in [0.25, 0.3) is 0 Å². The van der Waals surface area contributed by atoms with Crippen LogP contribution in [0.4, 0.5) is 5.69 Å². The van der Waals surface area contributed by atoms with Gasteiger partial charge in [0, 0.05) is 16.7 Å². The summed E-state index contributed by atoms with van der Waals surface area (Å²) < 4.78 is 0. The number of amides is 1. The van der Waals surface area contributed by atoms with Crippen molar-refractivity contribution < 1.29 is 14.7 Å². The molecule has 0 atom stereocenters. The van der Waals surface area contributed by atoms with Gasteiger partial charge in [-0.2, -0.15) is 0 Å². The largest absolute Gasteiger partial charge is 0.478 e. The Morgan fingerprint density at radius 2 is 1.60 bits per heavy atom. The van der Waals surface area contributed by atoms with Crippen LogP contribution in [-0.2, 0) is 4.79 Å². The van der Waals surface area contributed by atoms with Crippen molar-refractivity contribution in [1.82, 2.24) is 0 Å². The second-order valence-electron chi connectivity index (χ2n) is 4.08. The molecule has 0 aromatic heterocycles. The van der Waals surface area contributed by atoms with Gasteiger partial charge < -0.3 is 10.4 Å². The molecule has 5 heteroatoms. The molecule has 0 radical (unpaired) electrons. The van der Waals surface area contributed by atoms with Crippen molar-refractivity contribution in [2.75, 3.05) is 5.32 Å². The molecule has 20 heavy (non-hydrogen) atoms. The fourth-order valence-electron chi connectivity index (χ4n) is 1.70. The van der Waals surface area contributed by atoms with E-state index in [1.165, 1.54) is 18.7 Å². The molecular formula is C15H13NO3S. The molecular weight excluding hydrogens is 274 g/mol. The smallest absolute Gasteiger partial charge is 0.336 e. The highest BCUT2D eigenvalue weighted by molar-refractivity contribution is 7.99. The lowest BCUT2D eigenvalue weighted by atomic mass is 10.2. The molecule has 0 aliphatic heterocycles. The third-order valence-corrected chi connectivity index (χ3v) is 3.69. The number of carboxylic acid groups (broad SMARTS) is 1. The molecule has 0 spiro atoms. The Bertz CT molecular complexity index is 655. The minimum absolute atomic E-state index is 0.162. The maximum atomic E-state index is 11.2. The highest BCUT2D eigenvalue weighted by Crippen LogP contribution is 2.35. The Balaban J connectivity index is 2.35. The third-order valence-electron chi connectivity index (χ3n) is 2.54. The number of hydrogen-bond acceptors (Lipinski definition) is 3. The van der Waals surface area contributed by atoms with E-state index >= 15 is 0 Å². The van der Waals surface area contributed by atoms with Crippen LogP contribution in [0.15, 0.2) is 58.3 Å². The van der Waals surface area contributed by atoms with E-state index in [1.54, 1.807) is 30.3 Å². The second-order valence-corrected chi connectivity index (χ2v) is 5.16. The SMILES string of the molecule is CC(=O)Nc1ccccc1Sc1ccccc1C(=O)O. The van der Waals surface area contributed by atoms with Crippen LogP contribution in [0.3, 0.4) is 0 Å². The van der Waals surface area contributed by atoms with Crippen LogP contribution < -0.4 is 5.32 Å². The summed E-state index contributed by atoms with van der Waals surface area (Å²) in [7, 11) is 0. The van der Waals surface area contributed by atoms with E-state index in [-0.39, 0.29) is 11.5 Å². The van der Waals surface area contributed by atoms with E-state index in [0.29, 0.717) is 10.6 Å². The zero-order valence-corrected chi connectivity index (χ0v) is 11.6. The number of carbonyl (C=O) groups excluding carboxylic acids is 1. The predicted molar refractivity (Wildman–Crippen MR) is 78.3 cm³/mol. The van der Waals surface area contributed by atoms with E-state index in [4.69, 9.17) is 0 Å². The fourth-order valence-corrected chi connectivity index (χ4v) is 2.72. The van der Waals surface area contributed by atoms with Gasteiger partial charge in [0.15, 0.2) is 0 Å². The first-order chi connectivity index (χ1) is 9.58. The summed E-state index contributed by atoms with van der Waals surface area (Å²) in [6, 6.07) is 14.1. The monoisotopic (exact) mass is 287 g/mol. The highest BCUT2D eigenvalue weighted by atomic mass is 32.2. The summed E-state index contributed by atoms with van der Waals surface area (Å²) in [5.74, 6) is -1.13. The standard InChI is InChI=1S/C15H13NO3S/c1-10(17)16-12-7-3-5-9-14(12)20-13-8-4-2-6-11(13)15(18)19/h2-9H,1H3,(H,16,17)(H,18,19). The maximum absolute atomic E-state index is 11.2. The maximum Gasteiger partial charge on any atom is 0.336 e. The second kappa shape index (κ2) is 6.25. The van der Waals surface area contributed by atoms with E-state index in [9.17, 15) is 14.7 Å². The molecule has 0 aliphatic carbocycles. The van der Waals surface area contributed by atoms with Gasteiger partial charge in [-0.3, -0.25) is 4.79 Å². The number of carbonyl (C=O) groups is 2. The molecule has 2 aromatic rings. The van der Waals surface area contributed by atoms with Crippen LogP contribution in [-0.4, -0.2) is 17.0 Å². The van der Waals surface area contributed by atoms with Gasteiger partial charge in [-0.25, -0.2) is 4.79 Å². The lowest BCUT2D eigenvalue weighted by Gasteiger charge is -2.10. The third kappa shape index (κ3) is 3.39. The van der Waals surface area contributed by atoms with Gasteiger partial charge in [-0.05, 0) is 24.3 Å². The van der Waals surface area contributed by atoms with Crippen molar-refractivity contribution in [2.45, 2.75) is 16.7 Å². The summed E-state index contributed by atoms with van der Waals surface area (Å²) >= 11 is 1.32. The van der Waals surface area contributed by atoms with E-state index < -0.39 is 5.97 Å². The first-order valence-corrected chi connectivity index (χ1v) is 6.76. The zero-order chi connectivity index (χ0) is 14.5. The Hall–Kier alpha value is -2.27. The molecule has 0 unspecified atom stereocenters. The summed E-state index contributed by atoms with van der Waals surface area (Å²) in [6.07, 6.45) is 0. The van der Waals surface area contributed by atoms with Gasteiger partial charge >= 0.3 is 5.97 Å². The first-order valence-electron chi connectivity index (χ1n) is 5.94. The van der Waals surface area contributed by atoms with Crippen molar-refractivity contribution in [3.05, 3.63) is 54.1 Å². The number of nitrogens with one attached hydrogen (secondary N) is 1. The van der Waals surface area contributed by atoms with E-state index in [0.717, 1.165) is 4.90 Å². The fraction of sp³-hybridized carbons (Fsp3) is 0.0667. The Labute approximate surface area is 120 Å². The van der Waals surface area contributed by atoms with Crippen LogP contribution in [0.2, 0.25) is 0 Å². The van der Waals surface area contributed by atoms with E-state index in [1.807, 2.05) is 18.2 Å². The average Bonchev–Trinajstić information content (AvgIpc) is 2.41. The summed E-state index contributed by atoms with van der Waals surface area (Å²) in [4.78, 5) is 23.8. The number of para-hydroxylation sites is 1. The molecule has 2 rings (SSSR count). The molecule has 1 amide bonds. The molecule has 0 heterocycles. The van der Waals surface area contributed by atoms with Gasteiger partial charge in [0.25, 0.3) is 0 Å². The van der Waals surface area contributed by atoms with Crippen molar-refractivity contribution in [3.63, 3.8) is 0 Å². The molecule has 0 fully saturated rings. The zero-order valence-electron chi connectivity index (χ0n) is 10.8. The summed E-state index contributed by atoms with van der Waals surface area (Å²) in [5.41, 5.74) is 0.917. The average molecular weight is 287 g/mol. The van der Waals surface area contributed by atoms with Crippen molar-refractivity contribution in [3.8, 4) is 0 Å². The van der Waals surface area contributed by atoms with E-state index in [2.05, 4.69) is 5.32 Å². The normalized spacial score (nSPS) is 10.1. The molecule has 0 saturated carbocycles. The summed E-state index contributed by atoms with van der Waals surface area (Å²) in [5, 5.41) is 11.9. The van der Waals surface area contributed by atoms with Crippen LogP contribution >= 0.6 is 11.8 Å². The number of hydrogen-bond donors (Lipinski definition) is 2. The molecule has 2 aromatic carbocycles. The van der Waals surface area contributed by atoms with Gasteiger partial charge in [0.1, 0.15) is 0 Å². The van der Waals surface area contributed by atoms with Gasteiger partial charge in [-0.15, -0.1) is 0 Å². The molecule has 2 N–H and O–H groups in total. The lowest BCUT2D eigenvalue weighted by Crippen LogP contribution is -2.06. The quantitative estimate of drug-likeness (QED) is 0.903. The van der Waals surface area contributed by atoms with Gasteiger partial charge in [0.2, 0.25) is 5.91 Å². The number of carboxylic acids is 1. The number of benzene rings is 2. The molecule has 4 nitrogen and oxygen atoms in total. The first kappa shape index (κ1) is 14.1.